The van der Waals surface area contributed by atoms with Crippen molar-refractivity contribution in [3.05, 3.63) is 65.7 Å². The van der Waals surface area contributed by atoms with Gasteiger partial charge in [0.05, 0.1) is 31.8 Å². The SMILES string of the molecule is CSCC[C@H](NC(=O)[C@H](CCC(N)=O)NC(=O)[C@H](Cc1ccccc1)NC(=O)[C@H](Cc1ccc(O)cc1)NC(=O)[C@H](CCCCN)NC(=O)[C@@H](NC(=O)[C@H](CO)NC(=O)[C@H](C)NC(=O)[C@@H](N)CC(=O)O)[C@@H](C)O)C(=O)N[C@@H](CO)C(=O)N[C@@H](CC(C)C)C(=O)O. The van der Waals surface area contributed by atoms with Crippen LogP contribution >= 0.6 is 11.8 Å². The Balaban J connectivity index is 2.56. The lowest BCUT2D eigenvalue weighted by atomic mass is 10.0. The van der Waals surface area contributed by atoms with Crippen LogP contribution in [0.1, 0.15) is 90.2 Å². The Bertz CT molecular complexity index is 2750. The summed E-state index contributed by atoms with van der Waals surface area (Å²) in [6.07, 6.45) is -2.04. The lowest BCUT2D eigenvalue weighted by molar-refractivity contribution is -0.143. The zero-order chi connectivity index (χ0) is 67.8. The van der Waals surface area contributed by atoms with Gasteiger partial charge in [-0.25, -0.2) is 4.79 Å². The molecule has 500 valence electrons. The minimum Gasteiger partial charge on any atom is -0.508 e. The standard InChI is InChI=1S/C57H87N13O19S/c1-29(2)23-41(57(88)89)67-54(85)42(27-71)69-51(82)38(20-22-90-5)63-50(81)37(18-19-44(60)75)62-52(83)39(24-32-11-7-6-8-12-32)66-53(84)40(25-33-14-16-34(74)17-15-33)65-49(80)36(13-9-10-21-58)64-56(87)46(31(4)73)70-55(86)43(28-72)68-47(78)30(3)61-48(79)35(59)26-45(76)77/h6-8,11-12,14-17,29-31,35-43,46,71-74H,9-10,13,18-28,58-59H2,1-5H3,(H2,60,75)(H,61,79)(H,62,83)(H,63,81)(H,64,87)(H,65,80)(H,66,84)(H,67,85)(H,68,78)(H,69,82)(H,70,86)(H,76,77)(H,88,89)/t30-,31+,35-,36-,37-,38-,39-,40-,41-,42-,43-,46-/m0/s1. The third-order valence-corrected chi connectivity index (χ3v) is 14.2. The summed E-state index contributed by atoms with van der Waals surface area (Å²) in [4.78, 5) is 173. The second-order valence-corrected chi connectivity index (χ2v) is 22.6. The van der Waals surface area contributed by atoms with Gasteiger partial charge < -0.3 is 101 Å². The highest BCUT2D eigenvalue weighted by atomic mass is 32.2. The summed E-state index contributed by atoms with van der Waals surface area (Å²) in [6, 6.07) is -3.93. The molecule has 0 aromatic heterocycles. The van der Waals surface area contributed by atoms with Crippen molar-refractivity contribution in [3.63, 3.8) is 0 Å². The molecule has 90 heavy (non-hydrogen) atoms. The highest BCUT2D eigenvalue weighted by molar-refractivity contribution is 7.98. The molecule has 0 aliphatic rings. The first-order chi connectivity index (χ1) is 42.4. The van der Waals surface area contributed by atoms with Crippen molar-refractivity contribution >= 4 is 88.7 Å². The van der Waals surface area contributed by atoms with Gasteiger partial charge in [-0.1, -0.05) is 56.3 Å². The number of carbonyl (C=O) groups excluding carboxylic acids is 11. The molecule has 0 aliphatic heterocycles. The van der Waals surface area contributed by atoms with E-state index in [1.807, 2.05) is 0 Å². The summed E-state index contributed by atoms with van der Waals surface area (Å²) in [6.45, 7) is 3.81. The molecule has 0 aliphatic carbocycles. The number of nitrogens with one attached hydrogen (secondary N) is 10. The topological polar surface area (TPSA) is 542 Å². The van der Waals surface area contributed by atoms with Gasteiger partial charge in [0.2, 0.25) is 65.0 Å². The fraction of sp³-hybridized carbons (Fsp3) is 0.561. The van der Waals surface area contributed by atoms with Crippen LogP contribution < -0.4 is 70.4 Å². The number of carboxylic acid groups (broad SMARTS) is 2. The zero-order valence-electron chi connectivity index (χ0n) is 50.7. The zero-order valence-corrected chi connectivity index (χ0v) is 51.5. The summed E-state index contributed by atoms with van der Waals surface area (Å²) in [7, 11) is 0. The van der Waals surface area contributed by atoms with Crippen molar-refractivity contribution in [2.24, 2.45) is 23.1 Å². The number of amides is 11. The first-order valence-electron chi connectivity index (χ1n) is 28.9. The number of hydrogen-bond acceptors (Lipinski definition) is 20. The molecule has 0 bridgehead atoms. The quantitative estimate of drug-likeness (QED) is 0.0276. The van der Waals surface area contributed by atoms with Gasteiger partial charge in [0, 0.05) is 19.3 Å². The molecule has 12 atom stereocenters. The number of phenols is 1. The number of nitrogens with two attached hydrogens (primary N) is 3. The highest BCUT2D eigenvalue weighted by Crippen LogP contribution is 2.15. The molecule has 0 radical (unpaired) electrons. The monoisotopic (exact) mass is 1290 g/mol. The predicted molar refractivity (Wildman–Crippen MR) is 324 cm³/mol. The maximum absolute atomic E-state index is 14.8. The Hall–Kier alpha value is -8.50. The number of primary amides is 1. The van der Waals surface area contributed by atoms with E-state index in [1.165, 1.54) is 43.0 Å². The van der Waals surface area contributed by atoms with E-state index >= 15 is 0 Å². The number of hydrogen-bond donors (Lipinski definition) is 19. The van der Waals surface area contributed by atoms with E-state index in [4.69, 9.17) is 22.3 Å². The first kappa shape index (κ1) is 77.6. The Morgan fingerprint density at radius 3 is 1.41 bits per heavy atom. The molecule has 0 saturated heterocycles. The molecule has 0 heterocycles. The van der Waals surface area contributed by atoms with Gasteiger partial charge in [-0.15, -0.1) is 0 Å². The second kappa shape index (κ2) is 40.2. The molecule has 0 spiro atoms. The lowest BCUT2D eigenvalue weighted by Gasteiger charge is -2.29. The van der Waals surface area contributed by atoms with E-state index in [0.29, 0.717) is 17.5 Å². The summed E-state index contributed by atoms with van der Waals surface area (Å²) >= 11 is 1.27. The van der Waals surface area contributed by atoms with Crippen molar-refractivity contribution in [2.45, 2.75) is 164 Å². The third-order valence-electron chi connectivity index (χ3n) is 13.6. The van der Waals surface area contributed by atoms with Crippen molar-refractivity contribution in [1.82, 2.24) is 53.2 Å². The van der Waals surface area contributed by atoms with Gasteiger partial charge >= 0.3 is 11.9 Å². The van der Waals surface area contributed by atoms with Crippen LogP contribution in [0.5, 0.6) is 5.75 Å². The number of rotatable bonds is 42. The molecule has 32 nitrogen and oxygen atoms in total. The summed E-state index contributed by atoms with van der Waals surface area (Å²) in [5.74, 6) is -14.3. The van der Waals surface area contributed by atoms with Crippen LogP contribution in [0, 0.1) is 5.92 Å². The molecule has 2 aromatic rings. The van der Waals surface area contributed by atoms with Gasteiger partial charge in [0.1, 0.15) is 66.2 Å². The number of thioether (sulfide) groups is 1. The van der Waals surface area contributed by atoms with Crippen LogP contribution in [0.3, 0.4) is 0 Å². The van der Waals surface area contributed by atoms with E-state index < -0.39 is 182 Å². The van der Waals surface area contributed by atoms with Gasteiger partial charge in [-0.05, 0) is 100 Å². The predicted octanol–water partition coefficient (Wildman–Crippen LogP) is -5.51. The average molecular weight is 1290 g/mol. The summed E-state index contributed by atoms with van der Waals surface area (Å²) < 4.78 is 0. The normalized spacial score (nSPS) is 15.1. The van der Waals surface area contributed by atoms with Crippen LogP contribution in [0.2, 0.25) is 0 Å². The van der Waals surface area contributed by atoms with Crippen molar-refractivity contribution < 1.29 is 93.0 Å². The molecule has 0 unspecified atom stereocenters. The van der Waals surface area contributed by atoms with Crippen LogP contribution in [-0.2, 0) is 75.2 Å². The number of carbonyl (C=O) groups is 13. The van der Waals surface area contributed by atoms with Crippen LogP contribution in [0.25, 0.3) is 0 Å². The molecule has 2 aromatic carbocycles. The fourth-order valence-electron chi connectivity index (χ4n) is 8.56. The smallest absolute Gasteiger partial charge is 0.326 e. The van der Waals surface area contributed by atoms with E-state index in [2.05, 4.69) is 53.2 Å². The van der Waals surface area contributed by atoms with Crippen molar-refractivity contribution in [2.75, 3.05) is 31.8 Å². The Morgan fingerprint density at radius 1 is 0.511 bits per heavy atom. The minimum absolute atomic E-state index is 0.0229. The number of aliphatic carboxylic acids is 2. The summed E-state index contributed by atoms with van der Waals surface area (Å²) in [5, 5.41) is 83.5. The van der Waals surface area contributed by atoms with E-state index in [9.17, 15) is 87.9 Å². The van der Waals surface area contributed by atoms with E-state index in [1.54, 1.807) is 50.4 Å². The highest BCUT2D eigenvalue weighted by Gasteiger charge is 2.37. The van der Waals surface area contributed by atoms with Gasteiger partial charge in [0.15, 0.2) is 0 Å². The van der Waals surface area contributed by atoms with E-state index in [0.717, 1.165) is 6.92 Å². The number of benzene rings is 2. The Morgan fingerprint density at radius 2 is 0.944 bits per heavy atom. The molecule has 0 fully saturated rings. The molecule has 33 heteroatoms. The number of aliphatic hydroxyl groups excluding tert-OH is 3. The first-order valence-corrected chi connectivity index (χ1v) is 30.3. The molecular weight excluding hydrogens is 1200 g/mol. The number of phenolic OH excluding ortho intramolecular Hbond substituents is 1. The van der Waals surface area contributed by atoms with Crippen LogP contribution in [0.4, 0.5) is 0 Å². The fourth-order valence-corrected chi connectivity index (χ4v) is 9.03. The lowest BCUT2D eigenvalue weighted by Crippen LogP contribution is -2.62. The van der Waals surface area contributed by atoms with Gasteiger partial charge in [-0.3, -0.25) is 57.5 Å². The molecular formula is C57H87N13O19S. The van der Waals surface area contributed by atoms with Crippen LogP contribution in [0.15, 0.2) is 54.6 Å². The summed E-state index contributed by atoms with van der Waals surface area (Å²) in [5.41, 5.74) is 17.6. The maximum Gasteiger partial charge on any atom is 0.326 e. The molecule has 0 saturated carbocycles. The third kappa shape index (κ3) is 28.3. The number of carboxylic acids is 2. The van der Waals surface area contributed by atoms with Crippen molar-refractivity contribution in [3.8, 4) is 5.75 Å². The minimum atomic E-state index is -1.88. The Kier molecular flexibility index (Phi) is 34.7. The van der Waals surface area contributed by atoms with Crippen LogP contribution in [-0.4, -0.2) is 212 Å². The van der Waals surface area contributed by atoms with Crippen molar-refractivity contribution in [1.29, 1.82) is 0 Å². The molecule has 11 amide bonds. The Labute approximate surface area is 523 Å². The number of unbranched alkanes of at least 4 members (excludes halogenated alkanes) is 1. The van der Waals surface area contributed by atoms with E-state index in [-0.39, 0.29) is 62.5 Å². The molecule has 22 N–H and O–H groups in total. The van der Waals surface area contributed by atoms with Gasteiger partial charge in [-0.2, -0.15) is 11.8 Å². The number of aliphatic hydroxyl groups is 3. The molecule has 2 rings (SSSR count). The number of aromatic hydroxyl groups is 1. The average Bonchev–Trinajstić information content (AvgIpc) is 1.50. The maximum atomic E-state index is 14.8. The second-order valence-electron chi connectivity index (χ2n) is 21.6. The van der Waals surface area contributed by atoms with Gasteiger partial charge in [0.25, 0.3) is 0 Å². The largest absolute Gasteiger partial charge is 0.508 e.